The molecule has 5 rings (SSSR count). The number of pyridine rings is 2. The molecule has 1 aliphatic heterocycles. The van der Waals surface area contributed by atoms with E-state index in [1.54, 1.807) is 12.1 Å². The zero-order valence-electron chi connectivity index (χ0n) is 36.0. The van der Waals surface area contributed by atoms with E-state index in [1.165, 1.54) is 14.2 Å². The standard InChI is InChI=1S/C45H65N5O10S/c1-54-43(51)41-16-10-12-35(47-41)30-49-19-23-56-27-28-57-24-20-50(31-36-13-11-17-42(48-36)44(52)55-2)22-26-59-37(32-58-25-21-49)34-61-29-9-5-8-18-46-45(53)60-33-40-38-14-6-3-4-7-15-39(38)40/h10-13,16-17,37-40H,5-9,14-15,18-34H2,1-2H3,(H,46,53)/t37-,38-,39+,40?/m0/s1. The third-order valence-electron chi connectivity index (χ3n) is 11.1. The highest BCUT2D eigenvalue weighted by atomic mass is 32.2. The molecule has 1 saturated heterocycles. The maximum atomic E-state index is 12.3. The number of amides is 1. The minimum absolute atomic E-state index is 0.133. The number of nitrogens with zero attached hydrogens (tertiary/aromatic N) is 4. The summed E-state index contributed by atoms with van der Waals surface area (Å²) in [6.45, 7) is 7.96. The van der Waals surface area contributed by atoms with Gasteiger partial charge in [-0.25, -0.2) is 24.4 Å². The van der Waals surface area contributed by atoms with Crippen molar-refractivity contribution in [2.24, 2.45) is 17.8 Å². The predicted molar refractivity (Wildman–Crippen MR) is 231 cm³/mol. The second-order valence-electron chi connectivity index (χ2n) is 15.4. The molecule has 16 heteroatoms. The van der Waals surface area contributed by atoms with Crippen molar-refractivity contribution >= 4 is 29.8 Å². The number of carbonyl (C=O) groups is 3. The van der Waals surface area contributed by atoms with E-state index >= 15 is 0 Å². The van der Waals surface area contributed by atoms with E-state index in [0.717, 1.165) is 67.8 Å². The molecular formula is C45H65N5O10S. The number of nitrogens with one attached hydrogen (secondary N) is 1. The SMILES string of the molecule is COC(=O)c1cccc(CN2CCOCCOCCN(Cc3cccc(C(=O)OC)n3)CCO[C@H](CSCCCCCNC(=O)OCC3[C@H]4CCC#CCC[C@@H]34)COCC2)n1. The van der Waals surface area contributed by atoms with Gasteiger partial charge in [0.15, 0.2) is 0 Å². The lowest BCUT2D eigenvalue weighted by Gasteiger charge is -2.25. The molecule has 0 aromatic carbocycles. The summed E-state index contributed by atoms with van der Waals surface area (Å²) >= 11 is 1.84. The van der Waals surface area contributed by atoms with Crippen LogP contribution in [0.5, 0.6) is 0 Å². The van der Waals surface area contributed by atoms with E-state index in [2.05, 4.69) is 36.9 Å². The second-order valence-corrected chi connectivity index (χ2v) is 16.6. The van der Waals surface area contributed by atoms with E-state index in [4.69, 9.17) is 33.2 Å². The molecule has 4 atom stereocenters. The number of hydrogen-bond donors (Lipinski definition) is 1. The highest BCUT2D eigenvalue weighted by Crippen LogP contribution is 2.52. The van der Waals surface area contributed by atoms with Crippen LogP contribution >= 0.6 is 11.8 Å². The van der Waals surface area contributed by atoms with Gasteiger partial charge in [-0.2, -0.15) is 11.8 Å². The van der Waals surface area contributed by atoms with Crippen molar-refractivity contribution < 1.29 is 47.5 Å². The summed E-state index contributed by atoms with van der Waals surface area (Å²) in [5, 5.41) is 2.93. The highest BCUT2D eigenvalue weighted by molar-refractivity contribution is 7.99. The Morgan fingerprint density at radius 3 is 1.92 bits per heavy atom. The van der Waals surface area contributed by atoms with E-state index in [9.17, 15) is 14.4 Å². The van der Waals surface area contributed by atoms with Crippen molar-refractivity contribution in [3.05, 3.63) is 59.2 Å². The molecule has 3 aliphatic rings. The Hall–Kier alpha value is -3.82. The van der Waals surface area contributed by atoms with Gasteiger partial charge in [-0.15, -0.1) is 11.8 Å². The van der Waals surface area contributed by atoms with Gasteiger partial charge < -0.3 is 38.5 Å². The average Bonchev–Trinajstić information content (AvgIpc) is 3.92. The zero-order chi connectivity index (χ0) is 42.9. The molecule has 1 saturated carbocycles. The number of hydrogen-bond acceptors (Lipinski definition) is 15. The number of aromatic nitrogens is 2. The molecule has 3 heterocycles. The monoisotopic (exact) mass is 867 g/mol. The Morgan fingerprint density at radius 2 is 1.33 bits per heavy atom. The van der Waals surface area contributed by atoms with E-state index in [0.29, 0.717) is 116 Å². The first-order chi connectivity index (χ1) is 29.9. The number of esters is 2. The van der Waals surface area contributed by atoms with Crippen LogP contribution in [-0.4, -0.2) is 155 Å². The number of alkyl carbamates (subject to hydrolysis) is 1. The van der Waals surface area contributed by atoms with Gasteiger partial charge in [0.25, 0.3) is 0 Å². The van der Waals surface area contributed by atoms with Crippen molar-refractivity contribution in [1.82, 2.24) is 25.1 Å². The van der Waals surface area contributed by atoms with Crippen LogP contribution in [0.3, 0.4) is 0 Å². The van der Waals surface area contributed by atoms with Crippen LogP contribution in [0, 0.1) is 29.6 Å². The minimum Gasteiger partial charge on any atom is -0.464 e. The molecule has 61 heavy (non-hydrogen) atoms. The van der Waals surface area contributed by atoms with Gasteiger partial charge in [0.05, 0.1) is 84.6 Å². The molecule has 1 unspecified atom stereocenters. The van der Waals surface area contributed by atoms with Crippen LogP contribution in [0.2, 0.25) is 0 Å². The molecule has 2 aromatic heterocycles. The van der Waals surface area contributed by atoms with Gasteiger partial charge in [-0.1, -0.05) is 18.6 Å². The number of thioether (sulfide) groups is 1. The Bertz CT molecular complexity index is 1680. The molecule has 2 aliphatic carbocycles. The van der Waals surface area contributed by atoms with E-state index in [1.807, 2.05) is 36.0 Å². The van der Waals surface area contributed by atoms with Crippen molar-refractivity contribution in [2.75, 3.05) is 111 Å². The summed E-state index contributed by atoms with van der Waals surface area (Å²) in [5.74, 6) is 9.09. The van der Waals surface area contributed by atoms with Crippen LogP contribution in [0.4, 0.5) is 4.79 Å². The fraction of sp³-hybridized carbons (Fsp3) is 0.667. The summed E-state index contributed by atoms with van der Waals surface area (Å²) in [6.07, 6.45) is 6.64. The Balaban J connectivity index is 1.07. The molecule has 1 amide bonds. The van der Waals surface area contributed by atoms with Crippen LogP contribution in [0.25, 0.3) is 0 Å². The van der Waals surface area contributed by atoms with Crippen molar-refractivity contribution in [3.63, 3.8) is 0 Å². The molecule has 0 radical (unpaired) electrons. The van der Waals surface area contributed by atoms with Gasteiger partial charge in [0.2, 0.25) is 0 Å². The number of ether oxygens (including phenoxy) is 7. The van der Waals surface area contributed by atoms with Crippen LogP contribution in [-0.2, 0) is 46.2 Å². The van der Waals surface area contributed by atoms with E-state index in [-0.39, 0.29) is 23.6 Å². The molecule has 0 bridgehead atoms. The second kappa shape index (κ2) is 28.0. The first-order valence-electron chi connectivity index (χ1n) is 21.8. The highest BCUT2D eigenvalue weighted by Gasteiger charge is 2.49. The molecule has 336 valence electrons. The van der Waals surface area contributed by atoms with Gasteiger partial charge in [-0.3, -0.25) is 9.80 Å². The van der Waals surface area contributed by atoms with Crippen molar-refractivity contribution in [2.45, 2.75) is 64.1 Å². The third kappa shape index (κ3) is 18.2. The van der Waals surface area contributed by atoms with Gasteiger partial charge in [0, 0.05) is 64.4 Å². The summed E-state index contributed by atoms with van der Waals surface area (Å²) < 4.78 is 39.9. The summed E-state index contributed by atoms with van der Waals surface area (Å²) in [5.41, 5.74) is 2.05. The molecule has 0 spiro atoms. The first kappa shape index (κ1) is 48.2. The Morgan fingerprint density at radius 1 is 0.754 bits per heavy atom. The number of carbonyl (C=O) groups excluding carboxylic acids is 3. The lowest BCUT2D eigenvalue weighted by molar-refractivity contribution is -0.0238. The number of unbranched alkanes of at least 4 members (excludes halogenated alkanes) is 2. The van der Waals surface area contributed by atoms with Crippen LogP contribution < -0.4 is 5.32 Å². The Labute approximate surface area is 365 Å². The zero-order valence-corrected chi connectivity index (χ0v) is 36.8. The lowest BCUT2D eigenvalue weighted by Crippen LogP contribution is -2.35. The number of methoxy groups -OCH3 is 2. The van der Waals surface area contributed by atoms with Gasteiger partial charge in [0.1, 0.15) is 11.4 Å². The summed E-state index contributed by atoms with van der Waals surface area (Å²) in [4.78, 5) is 50.0. The number of rotatable bonds is 16. The topological polar surface area (TPSA) is 160 Å². The molecule has 15 nitrogen and oxygen atoms in total. The quantitative estimate of drug-likeness (QED) is 0.105. The largest absolute Gasteiger partial charge is 0.464 e. The Kier molecular flexibility index (Phi) is 22.1. The van der Waals surface area contributed by atoms with Gasteiger partial charge >= 0.3 is 18.0 Å². The lowest BCUT2D eigenvalue weighted by atomic mass is 10.1. The van der Waals surface area contributed by atoms with Crippen molar-refractivity contribution in [3.8, 4) is 11.8 Å². The van der Waals surface area contributed by atoms with Crippen molar-refractivity contribution in [1.29, 1.82) is 0 Å². The van der Waals surface area contributed by atoms with Crippen LogP contribution in [0.1, 0.15) is 77.3 Å². The molecule has 1 N–H and O–H groups in total. The van der Waals surface area contributed by atoms with Crippen LogP contribution in [0.15, 0.2) is 36.4 Å². The van der Waals surface area contributed by atoms with Gasteiger partial charge in [-0.05, 0) is 73.5 Å². The average molecular weight is 868 g/mol. The summed E-state index contributed by atoms with van der Waals surface area (Å²) in [7, 11) is 2.70. The molecular weight excluding hydrogens is 803 g/mol. The fourth-order valence-electron chi connectivity index (χ4n) is 7.60. The van der Waals surface area contributed by atoms with E-state index < -0.39 is 11.9 Å². The normalized spacial score (nSPS) is 22.4. The number of fused-ring (bicyclic) bond motifs is 1. The first-order valence-corrected chi connectivity index (χ1v) is 22.9. The smallest absolute Gasteiger partial charge is 0.407 e. The minimum atomic E-state index is -0.471. The maximum Gasteiger partial charge on any atom is 0.407 e. The molecule has 2 aromatic rings. The maximum absolute atomic E-state index is 12.3. The molecule has 2 fully saturated rings. The third-order valence-corrected chi connectivity index (χ3v) is 12.2. The predicted octanol–water partition coefficient (Wildman–Crippen LogP) is 4.87. The fourth-order valence-corrected chi connectivity index (χ4v) is 8.63. The summed E-state index contributed by atoms with van der Waals surface area (Å²) in [6, 6.07) is 10.7.